The molecule has 0 radical (unpaired) electrons. The molecule has 3 nitrogen and oxygen atoms in total. The van der Waals surface area contributed by atoms with Gasteiger partial charge in [-0.25, -0.2) is 9.13 Å². The van der Waals surface area contributed by atoms with Crippen LogP contribution >= 0.6 is 0 Å². The minimum Gasteiger partial charge on any atom is -1.00 e. The third kappa shape index (κ3) is 4.26. The van der Waals surface area contributed by atoms with Crippen molar-refractivity contribution < 1.29 is 21.5 Å². The van der Waals surface area contributed by atoms with Crippen molar-refractivity contribution in [2.24, 2.45) is 0 Å². The number of hydrogen-bond acceptors (Lipinski definition) is 1. The highest BCUT2D eigenvalue weighted by Gasteiger charge is 2.16. The van der Waals surface area contributed by atoms with Crippen molar-refractivity contribution in [3.05, 3.63) is 18.7 Å². The maximum Gasteiger partial charge on any atom is 0.245 e. The first-order valence-electron chi connectivity index (χ1n) is 5.92. The Hall–Kier alpha value is -0.350. The molecule has 94 valence electrons. The van der Waals surface area contributed by atoms with Crippen LogP contribution < -0.4 is 21.5 Å². The predicted molar refractivity (Wildman–Crippen MR) is 62.6 cm³/mol. The lowest BCUT2D eigenvalue weighted by molar-refractivity contribution is -0.697. The van der Waals surface area contributed by atoms with Crippen LogP contribution in [0.25, 0.3) is 0 Å². The zero-order valence-electron chi connectivity index (χ0n) is 10.9. The molecule has 1 unspecified atom stereocenters. The Balaban J connectivity index is 0.00000225. The topological polar surface area (TPSA) is 12.0 Å². The molecule has 4 heteroatoms. The van der Waals surface area contributed by atoms with Crippen LogP contribution in [0.2, 0.25) is 0 Å². The summed E-state index contributed by atoms with van der Waals surface area (Å²) in [6.45, 7) is 5.58. The molecule has 0 saturated carbocycles. The van der Waals surface area contributed by atoms with Crippen molar-refractivity contribution >= 4 is 0 Å². The Bertz CT molecular complexity index is 284. The van der Waals surface area contributed by atoms with Gasteiger partial charge in [0.15, 0.2) is 6.17 Å². The van der Waals surface area contributed by atoms with E-state index in [2.05, 4.69) is 60.7 Å². The van der Waals surface area contributed by atoms with Crippen LogP contribution in [0.4, 0.5) is 0 Å². The lowest BCUT2D eigenvalue weighted by Gasteiger charge is -2.18. The summed E-state index contributed by atoms with van der Waals surface area (Å²) >= 11 is 0. The van der Waals surface area contributed by atoms with Gasteiger partial charge in [-0.2, -0.15) is 0 Å². The van der Waals surface area contributed by atoms with E-state index in [-0.39, 0.29) is 17.0 Å². The summed E-state index contributed by atoms with van der Waals surface area (Å²) in [5.74, 6) is 0. The zero-order chi connectivity index (χ0) is 11.3. The molecule has 0 saturated heterocycles. The molecule has 0 aliphatic rings. The number of halogens is 1. The molecule has 1 heterocycles. The Kier molecular flexibility index (Phi) is 7.68. The normalized spacial score (nSPS) is 12.6. The maximum atomic E-state index is 2.29. The summed E-state index contributed by atoms with van der Waals surface area (Å²) in [4.78, 5) is 2.25. The monoisotopic (exact) mass is 289 g/mol. The SMILES string of the molecule is CCCC[n+]1ccn(C(CC)N(C)C)c1.[Br-]. The summed E-state index contributed by atoms with van der Waals surface area (Å²) in [6, 6.07) is 0. The first-order valence-corrected chi connectivity index (χ1v) is 5.92. The highest BCUT2D eigenvalue weighted by atomic mass is 79.9. The minimum absolute atomic E-state index is 0. The highest BCUT2D eigenvalue weighted by molar-refractivity contribution is 4.73. The van der Waals surface area contributed by atoms with Gasteiger partial charge in [0.05, 0.1) is 6.54 Å². The number of hydrogen-bond donors (Lipinski definition) is 0. The molecule has 1 aromatic heterocycles. The van der Waals surface area contributed by atoms with E-state index in [4.69, 9.17) is 0 Å². The second kappa shape index (κ2) is 7.85. The van der Waals surface area contributed by atoms with Crippen molar-refractivity contribution in [2.75, 3.05) is 14.1 Å². The molecule has 1 atom stereocenters. The Morgan fingerprint density at radius 3 is 2.50 bits per heavy atom. The first-order chi connectivity index (χ1) is 7.19. The van der Waals surface area contributed by atoms with Crippen LogP contribution in [0.3, 0.4) is 0 Å². The Morgan fingerprint density at radius 2 is 2.00 bits per heavy atom. The van der Waals surface area contributed by atoms with E-state index in [0.717, 1.165) is 13.0 Å². The van der Waals surface area contributed by atoms with Gasteiger partial charge in [0.1, 0.15) is 12.4 Å². The van der Waals surface area contributed by atoms with Crippen molar-refractivity contribution in [1.29, 1.82) is 0 Å². The van der Waals surface area contributed by atoms with Crippen LogP contribution in [0.15, 0.2) is 18.7 Å². The van der Waals surface area contributed by atoms with Crippen LogP contribution in [-0.2, 0) is 6.54 Å². The van der Waals surface area contributed by atoms with Gasteiger partial charge >= 0.3 is 0 Å². The number of aromatic nitrogens is 2. The largest absolute Gasteiger partial charge is 1.00 e. The van der Waals surface area contributed by atoms with E-state index in [1.807, 2.05) is 0 Å². The molecular weight excluding hydrogens is 266 g/mol. The molecule has 1 rings (SSSR count). The first kappa shape index (κ1) is 15.7. The molecule has 16 heavy (non-hydrogen) atoms. The maximum absolute atomic E-state index is 2.29. The summed E-state index contributed by atoms with van der Waals surface area (Å²) in [6.07, 6.45) is 10.7. The van der Waals surface area contributed by atoms with Gasteiger partial charge in [0.2, 0.25) is 6.33 Å². The Morgan fingerprint density at radius 1 is 1.31 bits per heavy atom. The molecular formula is C12H24BrN3. The van der Waals surface area contributed by atoms with Gasteiger partial charge in [-0.3, -0.25) is 4.90 Å². The molecule has 0 amide bonds. The number of nitrogens with zero attached hydrogens (tertiary/aromatic N) is 3. The fraction of sp³-hybridized carbons (Fsp3) is 0.750. The van der Waals surface area contributed by atoms with Gasteiger partial charge in [0, 0.05) is 0 Å². The van der Waals surface area contributed by atoms with Crippen LogP contribution in [0.1, 0.15) is 39.3 Å². The van der Waals surface area contributed by atoms with E-state index in [9.17, 15) is 0 Å². The van der Waals surface area contributed by atoms with Crippen molar-refractivity contribution in [3.8, 4) is 0 Å². The average Bonchev–Trinajstić information content (AvgIpc) is 2.64. The van der Waals surface area contributed by atoms with Gasteiger partial charge in [0.25, 0.3) is 0 Å². The summed E-state index contributed by atoms with van der Waals surface area (Å²) < 4.78 is 4.56. The number of unbranched alkanes of at least 4 members (excludes halogenated alkanes) is 1. The van der Waals surface area contributed by atoms with E-state index >= 15 is 0 Å². The predicted octanol–water partition coefficient (Wildman–Crippen LogP) is -0.950. The molecule has 0 aliphatic carbocycles. The molecule has 0 aliphatic heterocycles. The van der Waals surface area contributed by atoms with Gasteiger partial charge in [-0.15, -0.1) is 0 Å². The number of imidazole rings is 1. The second-order valence-corrected chi connectivity index (χ2v) is 4.30. The smallest absolute Gasteiger partial charge is 0.245 e. The van der Waals surface area contributed by atoms with E-state index < -0.39 is 0 Å². The minimum atomic E-state index is 0. The van der Waals surface area contributed by atoms with Crippen LogP contribution in [0.5, 0.6) is 0 Å². The van der Waals surface area contributed by atoms with Crippen molar-refractivity contribution in [2.45, 2.75) is 45.8 Å². The van der Waals surface area contributed by atoms with E-state index in [1.54, 1.807) is 0 Å². The lowest BCUT2D eigenvalue weighted by Crippen LogP contribution is -3.00. The second-order valence-electron chi connectivity index (χ2n) is 4.30. The fourth-order valence-corrected chi connectivity index (χ4v) is 1.90. The molecule has 0 N–H and O–H groups in total. The lowest BCUT2D eigenvalue weighted by atomic mass is 10.3. The average molecular weight is 290 g/mol. The quantitative estimate of drug-likeness (QED) is 0.615. The molecule has 0 fully saturated rings. The fourth-order valence-electron chi connectivity index (χ4n) is 1.90. The molecule has 0 bridgehead atoms. The van der Waals surface area contributed by atoms with Gasteiger partial charge in [-0.1, -0.05) is 20.3 Å². The molecule has 1 aromatic rings. The summed E-state index contributed by atoms with van der Waals surface area (Å²) in [5.41, 5.74) is 0. The zero-order valence-corrected chi connectivity index (χ0v) is 12.4. The number of rotatable bonds is 6. The molecule has 0 spiro atoms. The standard InChI is InChI=1S/C12H24N3.BrH/c1-5-7-8-14-9-10-15(11-14)12(6-2)13(3)4;/h9-12H,5-8H2,1-4H3;1H/q+1;/p-1. The van der Waals surface area contributed by atoms with Crippen LogP contribution in [-0.4, -0.2) is 23.6 Å². The van der Waals surface area contributed by atoms with Gasteiger partial charge < -0.3 is 17.0 Å². The van der Waals surface area contributed by atoms with E-state index in [0.29, 0.717) is 6.17 Å². The Labute approximate surface area is 110 Å². The van der Waals surface area contributed by atoms with Gasteiger partial charge in [-0.05, 0) is 26.9 Å². The van der Waals surface area contributed by atoms with E-state index in [1.165, 1.54) is 12.8 Å². The highest BCUT2D eigenvalue weighted by Crippen LogP contribution is 2.11. The summed E-state index contributed by atoms with van der Waals surface area (Å²) in [7, 11) is 4.26. The van der Waals surface area contributed by atoms with Crippen LogP contribution in [0, 0.1) is 0 Å². The molecule has 0 aromatic carbocycles. The van der Waals surface area contributed by atoms with Crippen molar-refractivity contribution in [3.63, 3.8) is 0 Å². The number of aryl methyl sites for hydroxylation is 1. The summed E-state index contributed by atoms with van der Waals surface area (Å²) in [5, 5.41) is 0. The third-order valence-corrected chi connectivity index (χ3v) is 2.79. The van der Waals surface area contributed by atoms with Crippen molar-refractivity contribution in [1.82, 2.24) is 9.47 Å². The third-order valence-electron chi connectivity index (χ3n) is 2.79.